The maximum atomic E-state index is 13.0. The summed E-state index contributed by atoms with van der Waals surface area (Å²) in [6.07, 6.45) is 4.66. The first-order chi connectivity index (χ1) is 15.4. The van der Waals surface area contributed by atoms with E-state index in [1.807, 2.05) is 54.7 Å². The van der Waals surface area contributed by atoms with Crippen LogP contribution in [0.4, 0.5) is 10.8 Å². The molecule has 1 fully saturated rings. The van der Waals surface area contributed by atoms with Gasteiger partial charge in [0.1, 0.15) is 0 Å². The van der Waals surface area contributed by atoms with Crippen molar-refractivity contribution in [1.82, 2.24) is 9.29 Å². The number of nitrogens with one attached hydrogen (secondary N) is 1. The monoisotopic (exact) mass is 469 g/mol. The van der Waals surface area contributed by atoms with Crippen molar-refractivity contribution in [3.8, 4) is 11.3 Å². The molecular weight excluding hydrogens is 442 g/mol. The van der Waals surface area contributed by atoms with Gasteiger partial charge in [-0.15, -0.1) is 11.3 Å². The molecule has 1 N–H and O–H groups in total. The number of rotatable bonds is 7. The minimum Gasteiger partial charge on any atom is -0.378 e. The molecule has 0 unspecified atom stereocenters. The molecule has 4 rings (SSSR count). The Kier molecular flexibility index (Phi) is 6.88. The molecule has 1 saturated heterocycles. The van der Waals surface area contributed by atoms with Crippen molar-refractivity contribution < 1.29 is 8.42 Å². The predicted octanol–water partition coefficient (Wildman–Crippen LogP) is 4.50. The first-order valence-electron chi connectivity index (χ1n) is 10.6. The molecule has 1 aliphatic heterocycles. The average Bonchev–Trinajstić information content (AvgIpc) is 3.29. The summed E-state index contributed by atoms with van der Waals surface area (Å²) >= 11 is 1.42. The highest BCUT2D eigenvalue weighted by Gasteiger charge is 2.26. The zero-order valence-electron chi connectivity index (χ0n) is 18.2. The smallest absolute Gasteiger partial charge is 0.243 e. The summed E-state index contributed by atoms with van der Waals surface area (Å²) in [4.78, 5) is 6.93. The van der Waals surface area contributed by atoms with E-state index in [2.05, 4.69) is 15.5 Å². The van der Waals surface area contributed by atoms with E-state index in [1.165, 1.54) is 11.3 Å². The number of sulfonamides is 1. The van der Waals surface area contributed by atoms with Crippen LogP contribution in [-0.4, -0.2) is 51.1 Å². The second kappa shape index (κ2) is 9.81. The molecule has 32 heavy (non-hydrogen) atoms. The Morgan fingerprint density at radius 3 is 2.56 bits per heavy atom. The van der Waals surface area contributed by atoms with E-state index in [1.54, 1.807) is 28.7 Å². The topological polar surface area (TPSA) is 77.9 Å². The first-order valence-corrected chi connectivity index (χ1v) is 12.9. The summed E-state index contributed by atoms with van der Waals surface area (Å²) in [5.74, 6) is 0. The van der Waals surface area contributed by atoms with E-state index in [-0.39, 0.29) is 0 Å². The van der Waals surface area contributed by atoms with Crippen LogP contribution < -0.4 is 10.3 Å². The Labute approximate surface area is 193 Å². The minimum atomic E-state index is -3.47. The van der Waals surface area contributed by atoms with Gasteiger partial charge in [-0.05, 0) is 42.7 Å². The molecule has 2 aromatic carbocycles. The molecular formula is C23H27N5O2S2. The lowest BCUT2D eigenvalue weighted by Gasteiger charge is -2.26. The number of nitrogens with zero attached hydrogens (tertiary/aromatic N) is 4. The lowest BCUT2D eigenvalue weighted by atomic mass is 10.2. The SMILES string of the molecule is CN(C)c1ccc(/C=N/Nc2nc(-c3cccc(S(=O)(=O)N4CCCCC4)c3)cs2)cc1. The van der Waals surface area contributed by atoms with Gasteiger partial charge in [-0.25, -0.2) is 13.4 Å². The van der Waals surface area contributed by atoms with Gasteiger partial charge in [-0.2, -0.15) is 9.41 Å². The lowest BCUT2D eigenvalue weighted by molar-refractivity contribution is 0.346. The number of hydrazone groups is 1. The van der Waals surface area contributed by atoms with Crippen molar-refractivity contribution in [2.45, 2.75) is 24.2 Å². The fraction of sp³-hybridized carbons (Fsp3) is 0.304. The highest BCUT2D eigenvalue weighted by Crippen LogP contribution is 2.28. The minimum absolute atomic E-state index is 0.318. The van der Waals surface area contributed by atoms with Crippen LogP contribution in [0, 0.1) is 0 Å². The highest BCUT2D eigenvalue weighted by atomic mass is 32.2. The molecule has 2 heterocycles. The molecule has 1 aliphatic rings. The van der Waals surface area contributed by atoms with Gasteiger partial charge >= 0.3 is 0 Å². The molecule has 0 aliphatic carbocycles. The maximum absolute atomic E-state index is 13.0. The predicted molar refractivity (Wildman–Crippen MR) is 132 cm³/mol. The maximum Gasteiger partial charge on any atom is 0.243 e. The van der Waals surface area contributed by atoms with E-state index in [0.29, 0.717) is 23.1 Å². The van der Waals surface area contributed by atoms with E-state index in [9.17, 15) is 8.42 Å². The number of hydrogen-bond acceptors (Lipinski definition) is 7. The third-order valence-electron chi connectivity index (χ3n) is 5.37. The zero-order valence-corrected chi connectivity index (χ0v) is 19.9. The molecule has 0 saturated carbocycles. The van der Waals surface area contributed by atoms with Gasteiger partial charge in [0.05, 0.1) is 16.8 Å². The van der Waals surface area contributed by atoms with Crippen LogP contribution in [0.5, 0.6) is 0 Å². The first kappa shape index (κ1) is 22.4. The number of hydrogen-bond donors (Lipinski definition) is 1. The Morgan fingerprint density at radius 1 is 1.09 bits per heavy atom. The number of aromatic nitrogens is 1. The van der Waals surface area contributed by atoms with Crippen LogP contribution in [0.15, 0.2) is 63.9 Å². The Balaban J connectivity index is 1.45. The second-order valence-corrected chi connectivity index (χ2v) is 10.7. The number of thiazole rings is 1. The molecule has 9 heteroatoms. The zero-order chi connectivity index (χ0) is 22.6. The number of piperidine rings is 1. The van der Waals surface area contributed by atoms with Crippen LogP contribution in [0.1, 0.15) is 24.8 Å². The van der Waals surface area contributed by atoms with Crippen molar-refractivity contribution >= 4 is 38.4 Å². The van der Waals surface area contributed by atoms with Crippen LogP contribution in [0.25, 0.3) is 11.3 Å². The largest absolute Gasteiger partial charge is 0.378 e. The summed E-state index contributed by atoms with van der Waals surface area (Å²) in [6, 6.07) is 15.1. The highest BCUT2D eigenvalue weighted by molar-refractivity contribution is 7.89. The molecule has 1 aromatic heterocycles. The lowest BCUT2D eigenvalue weighted by Crippen LogP contribution is -2.35. The van der Waals surface area contributed by atoms with E-state index in [4.69, 9.17) is 0 Å². The van der Waals surface area contributed by atoms with Crippen molar-refractivity contribution in [3.63, 3.8) is 0 Å². The van der Waals surface area contributed by atoms with Gasteiger partial charge in [0.25, 0.3) is 0 Å². The molecule has 7 nitrogen and oxygen atoms in total. The molecule has 0 spiro atoms. The van der Waals surface area contributed by atoms with E-state index in [0.717, 1.165) is 41.8 Å². The number of anilines is 2. The summed E-state index contributed by atoms with van der Waals surface area (Å²) in [5, 5.41) is 6.81. The third-order valence-corrected chi connectivity index (χ3v) is 8.01. The Bertz CT molecular complexity index is 1180. The number of benzene rings is 2. The normalized spacial score (nSPS) is 15.2. The Morgan fingerprint density at radius 2 is 1.84 bits per heavy atom. The molecule has 168 valence electrons. The van der Waals surface area contributed by atoms with Crippen molar-refractivity contribution in [1.29, 1.82) is 0 Å². The van der Waals surface area contributed by atoms with Crippen molar-refractivity contribution in [2.75, 3.05) is 37.5 Å². The quantitative estimate of drug-likeness (QED) is 0.407. The second-order valence-electron chi connectivity index (χ2n) is 7.89. The summed E-state index contributed by atoms with van der Waals surface area (Å²) < 4.78 is 27.6. The van der Waals surface area contributed by atoms with Gasteiger partial charge in [-0.1, -0.05) is 30.7 Å². The average molecular weight is 470 g/mol. The van der Waals surface area contributed by atoms with Crippen LogP contribution in [0.2, 0.25) is 0 Å². The Hall–Kier alpha value is -2.75. The molecule has 0 radical (unpaired) electrons. The van der Waals surface area contributed by atoms with E-state index < -0.39 is 10.0 Å². The van der Waals surface area contributed by atoms with Gasteiger partial charge in [-0.3, -0.25) is 5.43 Å². The van der Waals surface area contributed by atoms with Crippen molar-refractivity contribution in [3.05, 3.63) is 59.5 Å². The third kappa shape index (κ3) is 5.17. The van der Waals surface area contributed by atoms with Gasteiger partial charge in [0, 0.05) is 43.8 Å². The summed E-state index contributed by atoms with van der Waals surface area (Å²) in [5.41, 5.74) is 6.56. The van der Waals surface area contributed by atoms with Gasteiger partial charge in [0.2, 0.25) is 15.2 Å². The van der Waals surface area contributed by atoms with Gasteiger partial charge < -0.3 is 4.90 Å². The molecule has 0 amide bonds. The standard InChI is InChI=1S/C23H27N5O2S2/c1-27(2)20-11-9-18(10-12-20)16-24-26-23-25-22(17-31-23)19-7-6-8-21(15-19)32(29,30)28-13-4-3-5-14-28/h6-12,15-17H,3-5,13-14H2,1-2H3,(H,25,26)/b24-16+. The fourth-order valence-electron chi connectivity index (χ4n) is 3.55. The van der Waals surface area contributed by atoms with Crippen LogP contribution in [-0.2, 0) is 10.0 Å². The molecule has 0 bridgehead atoms. The summed E-state index contributed by atoms with van der Waals surface area (Å²) in [6.45, 7) is 1.18. The molecule has 3 aromatic rings. The van der Waals surface area contributed by atoms with Gasteiger partial charge in [0.15, 0.2) is 0 Å². The van der Waals surface area contributed by atoms with Crippen molar-refractivity contribution in [2.24, 2.45) is 5.10 Å². The van der Waals surface area contributed by atoms with Crippen LogP contribution >= 0.6 is 11.3 Å². The summed E-state index contributed by atoms with van der Waals surface area (Å²) in [7, 11) is 0.535. The fourth-order valence-corrected chi connectivity index (χ4v) is 5.78. The molecule has 0 atom stereocenters. The van der Waals surface area contributed by atoms with E-state index >= 15 is 0 Å². The van der Waals surface area contributed by atoms with Crippen LogP contribution in [0.3, 0.4) is 0 Å².